The Morgan fingerprint density at radius 1 is 1.50 bits per heavy atom. The van der Waals surface area contributed by atoms with Gasteiger partial charge < -0.3 is 20.3 Å². The zero-order valence-electron chi connectivity index (χ0n) is 10.4. The lowest BCUT2D eigenvalue weighted by Crippen LogP contribution is -2.52. The van der Waals surface area contributed by atoms with Gasteiger partial charge in [-0.25, -0.2) is 4.79 Å². The molecule has 1 fully saturated rings. The van der Waals surface area contributed by atoms with E-state index in [9.17, 15) is 9.90 Å². The number of aliphatic hydroxyl groups is 1. The van der Waals surface area contributed by atoms with Crippen LogP contribution in [-0.4, -0.2) is 33.4 Å². The van der Waals surface area contributed by atoms with Gasteiger partial charge in [0, 0.05) is 6.92 Å². The molecule has 2 amide bonds. The molecule has 7 heteroatoms. The van der Waals surface area contributed by atoms with Crippen LogP contribution in [0.1, 0.15) is 37.4 Å². The second-order valence-corrected chi connectivity index (χ2v) is 4.68. The Morgan fingerprint density at radius 2 is 2.22 bits per heavy atom. The maximum atomic E-state index is 11.7. The first-order valence-corrected chi connectivity index (χ1v) is 6.10. The van der Waals surface area contributed by atoms with Gasteiger partial charge >= 0.3 is 6.03 Å². The fraction of sp³-hybridized carbons (Fsp3) is 0.727. The van der Waals surface area contributed by atoms with Gasteiger partial charge in [0.05, 0.1) is 18.7 Å². The standard InChI is InChI=1S/C11H18N4O3/c1-8-13-9(15-18-8)6-12-10(17)14-11(7-16)4-2-3-5-11/h16H,2-7H2,1H3,(H2,12,14,17). The number of aryl methyl sites for hydroxylation is 1. The lowest BCUT2D eigenvalue weighted by molar-refractivity contribution is 0.162. The number of urea groups is 1. The zero-order valence-corrected chi connectivity index (χ0v) is 10.4. The molecule has 1 heterocycles. The van der Waals surface area contributed by atoms with Crippen LogP contribution in [0.4, 0.5) is 4.79 Å². The molecule has 1 aliphatic carbocycles. The van der Waals surface area contributed by atoms with Gasteiger partial charge in [0.15, 0.2) is 5.82 Å². The average molecular weight is 254 g/mol. The first-order chi connectivity index (χ1) is 8.63. The Labute approximate surface area is 105 Å². The van der Waals surface area contributed by atoms with Crippen LogP contribution in [0, 0.1) is 6.92 Å². The number of aromatic nitrogens is 2. The van der Waals surface area contributed by atoms with Crippen molar-refractivity contribution in [2.75, 3.05) is 6.61 Å². The predicted octanol–water partition coefficient (Wildman–Crippen LogP) is 0.482. The highest BCUT2D eigenvalue weighted by atomic mass is 16.5. The van der Waals surface area contributed by atoms with Crippen LogP contribution in [0.25, 0.3) is 0 Å². The van der Waals surface area contributed by atoms with Crippen LogP contribution in [0.3, 0.4) is 0 Å². The summed E-state index contributed by atoms with van der Waals surface area (Å²) in [6, 6.07) is -0.312. The molecule has 0 saturated heterocycles. The van der Waals surface area contributed by atoms with Crippen molar-refractivity contribution in [3.63, 3.8) is 0 Å². The van der Waals surface area contributed by atoms with E-state index in [1.54, 1.807) is 6.92 Å². The van der Waals surface area contributed by atoms with Crippen molar-refractivity contribution in [1.82, 2.24) is 20.8 Å². The Morgan fingerprint density at radius 3 is 2.78 bits per heavy atom. The van der Waals surface area contributed by atoms with Gasteiger partial charge in [-0.05, 0) is 12.8 Å². The summed E-state index contributed by atoms with van der Waals surface area (Å²) in [5, 5.41) is 18.5. The molecule has 0 aliphatic heterocycles. The Hall–Kier alpha value is -1.63. The van der Waals surface area contributed by atoms with Crippen molar-refractivity contribution in [3.05, 3.63) is 11.7 Å². The van der Waals surface area contributed by atoms with Crippen LogP contribution in [0.5, 0.6) is 0 Å². The molecule has 7 nitrogen and oxygen atoms in total. The molecule has 100 valence electrons. The van der Waals surface area contributed by atoms with Crippen LogP contribution < -0.4 is 10.6 Å². The van der Waals surface area contributed by atoms with Crippen LogP contribution in [-0.2, 0) is 6.54 Å². The van der Waals surface area contributed by atoms with Crippen molar-refractivity contribution in [2.45, 2.75) is 44.7 Å². The Bertz CT molecular complexity index is 412. The van der Waals surface area contributed by atoms with Gasteiger partial charge in [0.2, 0.25) is 5.89 Å². The van der Waals surface area contributed by atoms with E-state index in [4.69, 9.17) is 4.52 Å². The second kappa shape index (κ2) is 5.34. The van der Waals surface area contributed by atoms with E-state index in [1.807, 2.05) is 0 Å². The van der Waals surface area contributed by atoms with Gasteiger partial charge in [0.1, 0.15) is 0 Å². The monoisotopic (exact) mass is 254 g/mol. The van der Waals surface area contributed by atoms with Crippen molar-refractivity contribution < 1.29 is 14.4 Å². The van der Waals surface area contributed by atoms with Gasteiger partial charge in [-0.3, -0.25) is 0 Å². The van der Waals surface area contributed by atoms with Gasteiger partial charge in [-0.2, -0.15) is 4.98 Å². The number of hydrogen-bond donors (Lipinski definition) is 3. The summed E-state index contributed by atoms with van der Waals surface area (Å²) in [5.41, 5.74) is -0.461. The number of carbonyl (C=O) groups excluding carboxylic acids is 1. The maximum Gasteiger partial charge on any atom is 0.315 e. The lowest BCUT2D eigenvalue weighted by atomic mass is 9.99. The topological polar surface area (TPSA) is 100 Å². The van der Waals surface area contributed by atoms with E-state index in [-0.39, 0.29) is 19.2 Å². The Balaban J connectivity index is 1.81. The lowest BCUT2D eigenvalue weighted by Gasteiger charge is -2.27. The molecule has 0 atom stereocenters. The molecule has 1 aromatic heterocycles. The fourth-order valence-corrected chi connectivity index (χ4v) is 2.23. The molecular formula is C11H18N4O3. The number of nitrogens with one attached hydrogen (secondary N) is 2. The number of carbonyl (C=O) groups is 1. The minimum atomic E-state index is -0.461. The molecule has 1 aliphatic rings. The third-order valence-electron chi connectivity index (χ3n) is 3.22. The summed E-state index contributed by atoms with van der Waals surface area (Å²) in [6.07, 6.45) is 3.70. The normalized spacial score (nSPS) is 17.7. The highest BCUT2D eigenvalue weighted by Gasteiger charge is 2.34. The zero-order chi connectivity index (χ0) is 13.0. The Kier molecular flexibility index (Phi) is 3.81. The first kappa shape index (κ1) is 12.8. The molecule has 0 spiro atoms. The maximum absolute atomic E-state index is 11.7. The highest BCUT2D eigenvalue weighted by Crippen LogP contribution is 2.28. The number of rotatable bonds is 4. The van der Waals surface area contributed by atoms with E-state index in [2.05, 4.69) is 20.8 Å². The van der Waals surface area contributed by atoms with E-state index < -0.39 is 5.54 Å². The van der Waals surface area contributed by atoms with E-state index in [1.165, 1.54) is 0 Å². The van der Waals surface area contributed by atoms with E-state index in [0.29, 0.717) is 11.7 Å². The first-order valence-electron chi connectivity index (χ1n) is 6.10. The fourth-order valence-electron chi connectivity index (χ4n) is 2.23. The highest BCUT2D eigenvalue weighted by molar-refractivity contribution is 5.74. The summed E-state index contributed by atoms with van der Waals surface area (Å²) in [7, 11) is 0. The molecule has 3 N–H and O–H groups in total. The second-order valence-electron chi connectivity index (χ2n) is 4.68. The molecule has 1 saturated carbocycles. The van der Waals surface area contributed by atoms with Crippen LogP contribution in [0.2, 0.25) is 0 Å². The molecule has 0 bridgehead atoms. The minimum Gasteiger partial charge on any atom is -0.394 e. The summed E-state index contributed by atoms with van der Waals surface area (Å²) >= 11 is 0. The third-order valence-corrected chi connectivity index (χ3v) is 3.22. The molecule has 0 aromatic carbocycles. The van der Waals surface area contributed by atoms with Gasteiger partial charge in [-0.15, -0.1) is 0 Å². The molecule has 18 heavy (non-hydrogen) atoms. The van der Waals surface area contributed by atoms with Crippen molar-refractivity contribution in [3.8, 4) is 0 Å². The summed E-state index contributed by atoms with van der Waals surface area (Å²) < 4.78 is 4.80. The molecular weight excluding hydrogens is 236 g/mol. The summed E-state index contributed by atoms with van der Waals surface area (Å²) in [5.74, 6) is 0.905. The van der Waals surface area contributed by atoms with Crippen molar-refractivity contribution in [2.24, 2.45) is 0 Å². The number of hydrogen-bond acceptors (Lipinski definition) is 5. The molecule has 2 rings (SSSR count). The largest absolute Gasteiger partial charge is 0.394 e. The molecule has 0 radical (unpaired) electrons. The van der Waals surface area contributed by atoms with Crippen molar-refractivity contribution in [1.29, 1.82) is 0 Å². The van der Waals surface area contributed by atoms with Crippen LogP contribution >= 0.6 is 0 Å². The van der Waals surface area contributed by atoms with Crippen molar-refractivity contribution >= 4 is 6.03 Å². The van der Waals surface area contributed by atoms with Gasteiger partial charge in [0.25, 0.3) is 0 Å². The van der Waals surface area contributed by atoms with E-state index >= 15 is 0 Å². The summed E-state index contributed by atoms with van der Waals surface area (Å²) in [6.45, 7) is 1.88. The number of amides is 2. The van der Waals surface area contributed by atoms with E-state index in [0.717, 1.165) is 25.7 Å². The third kappa shape index (κ3) is 2.98. The molecule has 0 unspecified atom stereocenters. The van der Waals surface area contributed by atoms with Crippen LogP contribution in [0.15, 0.2) is 4.52 Å². The minimum absolute atomic E-state index is 0.0261. The smallest absolute Gasteiger partial charge is 0.315 e. The number of aliphatic hydroxyl groups excluding tert-OH is 1. The predicted molar refractivity (Wildman–Crippen MR) is 62.7 cm³/mol. The summed E-state index contributed by atoms with van der Waals surface area (Å²) in [4.78, 5) is 15.7. The number of nitrogens with zero attached hydrogens (tertiary/aromatic N) is 2. The van der Waals surface area contributed by atoms with Gasteiger partial charge in [-0.1, -0.05) is 18.0 Å². The average Bonchev–Trinajstić information content (AvgIpc) is 2.97. The SMILES string of the molecule is Cc1nc(CNC(=O)NC2(CO)CCCC2)no1. The quantitative estimate of drug-likeness (QED) is 0.725. The molecule has 1 aromatic rings.